The molecule has 4 rings (SSSR count). The molecule has 230 valence electrons. The molecule has 1 saturated carbocycles. The van der Waals surface area contributed by atoms with E-state index in [0.717, 1.165) is 22.5 Å². The lowest BCUT2D eigenvalue weighted by atomic mass is 9.81. The summed E-state index contributed by atoms with van der Waals surface area (Å²) in [5, 5.41) is 4.47. The Kier molecular flexibility index (Phi) is 8.86. The minimum Gasteiger partial charge on any atom is -0.484 e. The maximum absolute atomic E-state index is 13.8. The topological polar surface area (TPSA) is 123 Å². The quantitative estimate of drug-likeness (QED) is 0.396. The van der Waals surface area contributed by atoms with Gasteiger partial charge in [0.25, 0.3) is 10.0 Å². The number of hydrogen-bond acceptors (Lipinski definition) is 7. The number of anilines is 2. The van der Waals surface area contributed by atoms with E-state index >= 15 is 0 Å². The zero-order valence-corrected chi connectivity index (χ0v) is 24.2. The van der Waals surface area contributed by atoms with Crippen molar-refractivity contribution in [1.29, 1.82) is 0 Å². The number of halogens is 5. The number of amides is 2. The highest BCUT2D eigenvalue weighted by atomic mass is 35.5. The summed E-state index contributed by atoms with van der Waals surface area (Å²) >= 11 is 5.83. The summed E-state index contributed by atoms with van der Waals surface area (Å²) in [6.07, 6.45) is -6.02. The van der Waals surface area contributed by atoms with Crippen LogP contribution in [0.1, 0.15) is 26.7 Å². The molecule has 0 unspecified atom stereocenters. The van der Waals surface area contributed by atoms with Crippen molar-refractivity contribution in [2.45, 2.75) is 55.6 Å². The number of nitrogens with zero attached hydrogens (tertiary/aromatic N) is 1. The van der Waals surface area contributed by atoms with Gasteiger partial charge in [0, 0.05) is 18.7 Å². The second-order valence-electron chi connectivity index (χ2n) is 10.3. The Labute approximate surface area is 244 Å². The number of carbonyl (C=O) groups excluding carboxylic acids is 2. The smallest absolute Gasteiger partial charge is 0.427 e. The van der Waals surface area contributed by atoms with Crippen molar-refractivity contribution >= 4 is 45.0 Å². The average molecular weight is 638 g/mol. The minimum atomic E-state index is -4.84. The van der Waals surface area contributed by atoms with Gasteiger partial charge >= 0.3 is 12.3 Å². The Morgan fingerprint density at radius 2 is 1.83 bits per heavy atom. The van der Waals surface area contributed by atoms with Crippen LogP contribution in [-0.2, 0) is 24.3 Å². The number of rotatable bonds is 8. The fraction of sp³-hybridized carbons (Fsp3) is 0.462. The van der Waals surface area contributed by atoms with Gasteiger partial charge in [-0.25, -0.2) is 17.6 Å². The van der Waals surface area contributed by atoms with Crippen molar-refractivity contribution in [3.63, 3.8) is 0 Å². The number of sulfonamides is 1. The zero-order valence-electron chi connectivity index (χ0n) is 22.6. The van der Waals surface area contributed by atoms with Gasteiger partial charge in [0.05, 0.1) is 34.8 Å². The van der Waals surface area contributed by atoms with Gasteiger partial charge in [-0.2, -0.15) is 13.2 Å². The fourth-order valence-corrected chi connectivity index (χ4v) is 6.02. The van der Waals surface area contributed by atoms with Gasteiger partial charge in [-0.15, -0.1) is 0 Å². The first-order valence-electron chi connectivity index (χ1n) is 12.7. The molecule has 1 fully saturated rings. The van der Waals surface area contributed by atoms with Crippen LogP contribution in [0.3, 0.4) is 0 Å². The minimum absolute atomic E-state index is 0.00125. The van der Waals surface area contributed by atoms with Gasteiger partial charge in [-0.1, -0.05) is 11.6 Å². The maximum atomic E-state index is 13.8. The molecule has 1 heterocycles. The lowest BCUT2D eigenvalue weighted by molar-refractivity contribution is -0.242. The number of nitrogens with one attached hydrogen (secondary N) is 2. The summed E-state index contributed by atoms with van der Waals surface area (Å²) in [5.41, 5.74) is -2.97. The van der Waals surface area contributed by atoms with Crippen LogP contribution in [0.2, 0.25) is 5.02 Å². The van der Waals surface area contributed by atoms with E-state index in [0.29, 0.717) is 26.7 Å². The number of alkyl halides is 3. The summed E-state index contributed by atoms with van der Waals surface area (Å²) in [4.78, 5) is 24.4. The molecule has 0 saturated heterocycles. The van der Waals surface area contributed by atoms with Crippen molar-refractivity contribution < 1.29 is 49.8 Å². The molecular formula is C26H28ClF4N3O7S. The molecule has 0 bridgehead atoms. The van der Waals surface area contributed by atoms with E-state index in [1.165, 1.54) is 18.2 Å². The first kappa shape index (κ1) is 31.6. The molecule has 42 heavy (non-hydrogen) atoms. The molecule has 0 spiro atoms. The number of fused-ring (bicyclic) bond motifs is 1. The Bertz CT molecular complexity index is 1470. The summed E-state index contributed by atoms with van der Waals surface area (Å²) in [5.74, 6) is -1.29. The lowest BCUT2D eigenvalue weighted by Gasteiger charge is -2.37. The molecule has 2 aliphatic rings. The Hall–Kier alpha value is -3.30. The zero-order chi connectivity index (χ0) is 31.0. The largest absolute Gasteiger partial charge is 0.484 e. The van der Waals surface area contributed by atoms with E-state index in [1.807, 2.05) is 0 Å². The van der Waals surface area contributed by atoms with E-state index in [1.54, 1.807) is 7.11 Å². The predicted molar refractivity (Wildman–Crippen MR) is 144 cm³/mol. The summed E-state index contributed by atoms with van der Waals surface area (Å²) < 4.78 is 97.2. The second-order valence-corrected chi connectivity index (χ2v) is 12.6. The highest BCUT2D eigenvalue weighted by Gasteiger charge is 2.51. The lowest BCUT2D eigenvalue weighted by Crippen LogP contribution is -2.50. The van der Waals surface area contributed by atoms with E-state index in [2.05, 4.69) is 15.4 Å². The number of hydrogen-bond donors (Lipinski definition) is 2. The van der Waals surface area contributed by atoms with Crippen LogP contribution in [0.5, 0.6) is 5.75 Å². The van der Waals surface area contributed by atoms with Crippen LogP contribution in [0.4, 0.5) is 33.7 Å². The van der Waals surface area contributed by atoms with Crippen molar-refractivity contribution in [3.05, 3.63) is 47.2 Å². The number of benzene rings is 2. The highest BCUT2D eigenvalue weighted by molar-refractivity contribution is 7.92. The predicted octanol–water partition coefficient (Wildman–Crippen LogP) is 4.87. The van der Waals surface area contributed by atoms with Crippen LogP contribution in [-0.4, -0.2) is 64.6 Å². The van der Waals surface area contributed by atoms with E-state index in [9.17, 15) is 35.6 Å². The molecule has 0 aromatic heterocycles. The molecule has 10 nitrogen and oxygen atoms in total. The standard InChI is InChI=1S/C26H28ClF4N3O7S/c1-25(2,26(29,30)31)41-24(36)33-15-4-7-22-21(10-15)34(42(37,38)18-5-6-20(28)19(27)11-18)13-17(40-22)12-32-23(35)14-8-16(9-14)39-3/h4-7,10-11,14,16-17H,8-9,12-13H2,1-3H3,(H,32,35)(H,33,36)/t14?,16?,17-/m0/s1. The van der Waals surface area contributed by atoms with Crippen molar-refractivity contribution in [3.8, 4) is 5.75 Å². The number of ether oxygens (including phenoxy) is 3. The first-order chi connectivity index (χ1) is 19.5. The molecule has 16 heteroatoms. The third-order valence-electron chi connectivity index (χ3n) is 6.95. The molecule has 2 aromatic rings. The van der Waals surface area contributed by atoms with Gasteiger partial charge in [0.1, 0.15) is 17.7 Å². The molecule has 1 atom stereocenters. The van der Waals surface area contributed by atoms with Gasteiger partial charge in [-0.3, -0.25) is 14.4 Å². The number of carbonyl (C=O) groups is 2. The van der Waals surface area contributed by atoms with Crippen LogP contribution < -0.4 is 19.7 Å². The first-order valence-corrected chi connectivity index (χ1v) is 14.5. The van der Waals surface area contributed by atoms with Crippen LogP contribution in [0.15, 0.2) is 41.3 Å². The molecular weight excluding hydrogens is 610 g/mol. The van der Waals surface area contributed by atoms with Gasteiger partial charge in [0.15, 0.2) is 0 Å². The van der Waals surface area contributed by atoms with E-state index in [-0.39, 0.29) is 53.0 Å². The van der Waals surface area contributed by atoms with Crippen LogP contribution in [0, 0.1) is 11.7 Å². The van der Waals surface area contributed by atoms with Crippen LogP contribution >= 0.6 is 11.6 Å². The summed E-state index contributed by atoms with van der Waals surface area (Å²) in [6.45, 7) is 0.983. The van der Waals surface area contributed by atoms with Gasteiger partial charge in [0.2, 0.25) is 11.5 Å². The fourth-order valence-electron chi connectivity index (χ4n) is 4.25. The van der Waals surface area contributed by atoms with Crippen molar-refractivity contribution in [2.75, 3.05) is 29.8 Å². The number of methoxy groups -OCH3 is 1. The van der Waals surface area contributed by atoms with Gasteiger partial charge < -0.3 is 19.5 Å². The average Bonchev–Trinajstić information content (AvgIpc) is 2.86. The third-order valence-corrected chi connectivity index (χ3v) is 9.01. The molecule has 0 radical (unpaired) electrons. The third kappa shape index (κ3) is 6.68. The monoisotopic (exact) mass is 637 g/mol. The molecule has 1 aliphatic heterocycles. The normalized spacial score (nSPS) is 20.6. The summed E-state index contributed by atoms with van der Waals surface area (Å²) in [7, 11) is -2.86. The van der Waals surface area contributed by atoms with E-state index < -0.39 is 44.8 Å². The van der Waals surface area contributed by atoms with Crippen molar-refractivity contribution in [1.82, 2.24) is 5.32 Å². The maximum Gasteiger partial charge on any atom is 0.427 e. The Morgan fingerprint density at radius 3 is 2.45 bits per heavy atom. The Balaban J connectivity index is 1.60. The molecule has 2 aromatic carbocycles. The second kappa shape index (κ2) is 11.8. The molecule has 2 amide bonds. The van der Waals surface area contributed by atoms with Gasteiger partial charge in [-0.05, 0) is 63.1 Å². The molecule has 1 aliphatic carbocycles. The van der Waals surface area contributed by atoms with Crippen LogP contribution in [0.25, 0.3) is 0 Å². The summed E-state index contributed by atoms with van der Waals surface area (Å²) in [6, 6.07) is 6.59. The highest BCUT2D eigenvalue weighted by Crippen LogP contribution is 2.40. The SMILES string of the molecule is COC1CC(C(=O)NC[C@H]2CN(S(=O)(=O)c3ccc(F)c(Cl)c3)c3cc(NC(=O)OC(C)(C)C(F)(F)F)ccc3O2)C1. The van der Waals surface area contributed by atoms with Crippen molar-refractivity contribution in [2.24, 2.45) is 5.92 Å². The molecule has 2 N–H and O–H groups in total. The Morgan fingerprint density at radius 1 is 1.14 bits per heavy atom. The van der Waals surface area contributed by atoms with E-state index in [4.69, 9.17) is 21.1 Å².